The number of carboxylic acid groups (broad SMARTS) is 2. The SMILES string of the molecule is Cc1ccc(C(=O)N(CCC(=O)O)NCC(C(=O)O)c2ccc(C)cc2)cc1. The van der Waals surface area contributed by atoms with Crippen molar-refractivity contribution >= 4 is 17.8 Å². The van der Waals surface area contributed by atoms with Gasteiger partial charge in [-0.2, -0.15) is 0 Å². The maximum atomic E-state index is 12.8. The first-order valence-electron chi connectivity index (χ1n) is 8.91. The van der Waals surface area contributed by atoms with Gasteiger partial charge in [0.15, 0.2) is 0 Å². The number of benzene rings is 2. The average Bonchev–Trinajstić information content (AvgIpc) is 2.65. The van der Waals surface area contributed by atoms with Gasteiger partial charge in [0.1, 0.15) is 0 Å². The zero-order valence-corrected chi connectivity index (χ0v) is 15.9. The molecule has 0 bridgehead atoms. The number of aliphatic carboxylic acids is 2. The molecule has 0 aliphatic carbocycles. The number of hydrogen-bond donors (Lipinski definition) is 3. The zero-order chi connectivity index (χ0) is 20.7. The van der Waals surface area contributed by atoms with Crippen molar-refractivity contribution < 1.29 is 24.6 Å². The van der Waals surface area contributed by atoms with E-state index in [2.05, 4.69) is 5.43 Å². The summed E-state index contributed by atoms with van der Waals surface area (Å²) in [6.45, 7) is 3.68. The van der Waals surface area contributed by atoms with Crippen molar-refractivity contribution in [2.45, 2.75) is 26.2 Å². The number of amides is 1. The summed E-state index contributed by atoms with van der Waals surface area (Å²) in [4.78, 5) is 35.4. The molecule has 2 aromatic carbocycles. The zero-order valence-electron chi connectivity index (χ0n) is 15.9. The van der Waals surface area contributed by atoms with Crippen LogP contribution in [-0.4, -0.2) is 46.2 Å². The lowest BCUT2D eigenvalue weighted by Gasteiger charge is -2.25. The Morgan fingerprint density at radius 1 is 0.929 bits per heavy atom. The van der Waals surface area contributed by atoms with Crippen LogP contribution in [-0.2, 0) is 9.59 Å². The van der Waals surface area contributed by atoms with E-state index in [1.165, 1.54) is 5.01 Å². The number of carbonyl (C=O) groups excluding carboxylic acids is 1. The normalized spacial score (nSPS) is 11.6. The number of nitrogens with one attached hydrogen (secondary N) is 1. The van der Waals surface area contributed by atoms with Gasteiger partial charge in [0, 0.05) is 18.7 Å². The standard InChI is InChI=1S/C21H24N2O5/c1-14-3-7-16(8-4-14)18(21(27)28)13-22-23(12-11-19(24)25)20(26)17-9-5-15(2)6-10-17/h3-10,18,22H,11-13H2,1-2H3,(H,24,25)(H,27,28). The number of nitrogens with zero attached hydrogens (tertiary/aromatic N) is 1. The number of hydrazine groups is 1. The van der Waals surface area contributed by atoms with Crippen molar-refractivity contribution in [1.29, 1.82) is 0 Å². The van der Waals surface area contributed by atoms with Gasteiger partial charge in [-0.15, -0.1) is 0 Å². The van der Waals surface area contributed by atoms with Crippen LogP contribution in [0.2, 0.25) is 0 Å². The van der Waals surface area contributed by atoms with E-state index in [1.807, 2.05) is 26.0 Å². The highest BCUT2D eigenvalue weighted by atomic mass is 16.4. The van der Waals surface area contributed by atoms with Crippen LogP contribution in [0.3, 0.4) is 0 Å². The van der Waals surface area contributed by atoms with Gasteiger partial charge in [-0.05, 0) is 31.5 Å². The lowest BCUT2D eigenvalue weighted by Crippen LogP contribution is -2.46. The Morgan fingerprint density at radius 3 is 1.96 bits per heavy atom. The Hall–Kier alpha value is -3.19. The van der Waals surface area contributed by atoms with Crippen molar-refractivity contribution in [3.8, 4) is 0 Å². The summed E-state index contributed by atoms with van der Waals surface area (Å²) < 4.78 is 0. The van der Waals surface area contributed by atoms with Crippen LogP contribution in [0.15, 0.2) is 48.5 Å². The first kappa shape index (κ1) is 21.1. The minimum atomic E-state index is -1.04. The summed E-state index contributed by atoms with van der Waals surface area (Å²) in [6.07, 6.45) is -0.257. The maximum Gasteiger partial charge on any atom is 0.312 e. The summed E-state index contributed by atoms with van der Waals surface area (Å²) in [6, 6.07) is 14.0. The Morgan fingerprint density at radius 2 is 1.46 bits per heavy atom. The molecule has 7 heteroatoms. The predicted octanol–water partition coefficient (Wildman–Crippen LogP) is 2.59. The lowest BCUT2D eigenvalue weighted by atomic mass is 9.98. The van der Waals surface area contributed by atoms with Crippen molar-refractivity contribution in [1.82, 2.24) is 10.4 Å². The van der Waals surface area contributed by atoms with Crippen LogP contribution >= 0.6 is 0 Å². The van der Waals surface area contributed by atoms with E-state index >= 15 is 0 Å². The van der Waals surface area contributed by atoms with Crippen molar-refractivity contribution in [3.63, 3.8) is 0 Å². The van der Waals surface area contributed by atoms with E-state index < -0.39 is 23.8 Å². The molecule has 1 amide bonds. The van der Waals surface area contributed by atoms with Crippen LogP contribution in [0.5, 0.6) is 0 Å². The van der Waals surface area contributed by atoms with Gasteiger partial charge in [0.2, 0.25) is 0 Å². The average molecular weight is 384 g/mol. The maximum absolute atomic E-state index is 12.8. The Balaban J connectivity index is 2.16. The summed E-state index contributed by atoms with van der Waals surface area (Å²) in [5.74, 6) is -3.36. The fourth-order valence-corrected chi connectivity index (χ4v) is 2.66. The van der Waals surface area contributed by atoms with Gasteiger partial charge in [0.25, 0.3) is 5.91 Å². The molecule has 7 nitrogen and oxygen atoms in total. The van der Waals surface area contributed by atoms with Gasteiger partial charge in [-0.25, -0.2) is 5.43 Å². The van der Waals surface area contributed by atoms with Crippen LogP contribution in [0.25, 0.3) is 0 Å². The Labute approximate surface area is 163 Å². The molecule has 0 aliphatic rings. The molecule has 0 spiro atoms. The molecule has 28 heavy (non-hydrogen) atoms. The van der Waals surface area contributed by atoms with Gasteiger partial charge >= 0.3 is 11.9 Å². The van der Waals surface area contributed by atoms with Gasteiger partial charge in [0.05, 0.1) is 12.3 Å². The molecule has 2 aromatic rings. The molecular weight excluding hydrogens is 360 g/mol. The molecule has 0 saturated heterocycles. The van der Waals surface area contributed by atoms with E-state index in [-0.39, 0.29) is 19.5 Å². The second kappa shape index (κ2) is 9.66. The van der Waals surface area contributed by atoms with E-state index in [4.69, 9.17) is 5.11 Å². The number of rotatable bonds is 9. The minimum Gasteiger partial charge on any atom is -0.481 e. The molecule has 0 heterocycles. The number of hydrogen-bond acceptors (Lipinski definition) is 4. The number of carboxylic acids is 2. The molecule has 0 aliphatic heterocycles. The molecule has 1 atom stereocenters. The summed E-state index contributed by atoms with van der Waals surface area (Å²) in [7, 11) is 0. The van der Waals surface area contributed by atoms with Crippen LogP contribution in [0.4, 0.5) is 0 Å². The molecule has 1 unspecified atom stereocenters. The highest BCUT2D eigenvalue weighted by Gasteiger charge is 2.23. The van der Waals surface area contributed by atoms with Gasteiger partial charge in [-0.3, -0.25) is 19.4 Å². The van der Waals surface area contributed by atoms with Crippen molar-refractivity contribution in [2.75, 3.05) is 13.1 Å². The summed E-state index contributed by atoms with van der Waals surface area (Å²) >= 11 is 0. The number of carbonyl (C=O) groups is 3. The highest BCUT2D eigenvalue weighted by Crippen LogP contribution is 2.17. The highest BCUT2D eigenvalue weighted by molar-refractivity contribution is 5.94. The van der Waals surface area contributed by atoms with E-state index in [1.54, 1.807) is 36.4 Å². The smallest absolute Gasteiger partial charge is 0.312 e. The molecule has 0 fully saturated rings. The van der Waals surface area contributed by atoms with Crippen LogP contribution in [0, 0.1) is 13.8 Å². The fourth-order valence-electron chi connectivity index (χ4n) is 2.66. The topological polar surface area (TPSA) is 107 Å². The Kier molecular flexibility index (Phi) is 7.28. The molecular formula is C21H24N2O5. The summed E-state index contributed by atoms with van der Waals surface area (Å²) in [5.41, 5.74) is 5.82. The monoisotopic (exact) mass is 384 g/mol. The van der Waals surface area contributed by atoms with Crippen molar-refractivity contribution in [2.24, 2.45) is 0 Å². The molecule has 3 N–H and O–H groups in total. The predicted molar refractivity (Wildman–Crippen MR) is 104 cm³/mol. The Bertz CT molecular complexity index is 831. The van der Waals surface area contributed by atoms with E-state index in [0.29, 0.717) is 11.1 Å². The first-order valence-corrected chi connectivity index (χ1v) is 8.91. The van der Waals surface area contributed by atoms with Crippen LogP contribution < -0.4 is 5.43 Å². The molecule has 2 rings (SSSR count). The minimum absolute atomic E-state index is 0.0460. The van der Waals surface area contributed by atoms with Gasteiger partial charge in [-0.1, -0.05) is 47.5 Å². The molecule has 0 radical (unpaired) electrons. The van der Waals surface area contributed by atoms with E-state index in [0.717, 1.165) is 11.1 Å². The fraction of sp³-hybridized carbons (Fsp3) is 0.286. The number of aryl methyl sites for hydroxylation is 2. The third-order valence-corrected chi connectivity index (χ3v) is 4.36. The third kappa shape index (κ3) is 5.92. The largest absolute Gasteiger partial charge is 0.481 e. The van der Waals surface area contributed by atoms with E-state index in [9.17, 15) is 19.5 Å². The first-order chi connectivity index (χ1) is 13.3. The summed E-state index contributed by atoms with van der Waals surface area (Å²) in [5, 5.41) is 19.7. The lowest BCUT2D eigenvalue weighted by molar-refractivity contribution is -0.139. The molecule has 148 valence electrons. The molecule has 0 aromatic heterocycles. The van der Waals surface area contributed by atoms with Crippen molar-refractivity contribution in [3.05, 3.63) is 70.8 Å². The van der Waals surface area contributed by atoms with Gasteiger partial charge < -0.3 is 10.2 Å². The second-order valence-corrected chi connectivity index (χ2v) is 6.63. The molecule has 0 saturated carbocycles. The quantitative estimate of drug-likeness (QED) is 0.574. The third-order valence-electron chi connectivity index (χ3n) is 4.36. The van der Waals surface area contributed by atoms with Crippen LogP contribution in [0.1, 0.15) is 39.4 Å². The second-order valence-electron chi connectivity index (χ2n) is 6.63.